The Labute approximate surface area is 214 Å². The van der Waals surface area contributed by atoms with Crippen molar-refractivity contribution in [3.05, 3.63) is 81.6 Å². The van der Waals surface area contributed by atoms with Crippen LogP contribution in [0.2, 0.25) is 5.02 Å². The summed E-state index contributed by atoms with van der Waals surface area (Å²) in [6, 6.07) is 10.4. The maximum absolute atomic E-state index is 15.1. The molecule has 1 aliphatic carbocycles. The monoisotopic (exact) mass is 518 g/mol. The first kappa shape index (κ1) is 25.8. The normalized spacial score (nSPS) is 15.1. The molecule has 3 N–H and O–H groups in total. The van der Waals surface area contributed by atoms with Crippen LogP contribution in [0.1, 0.15) is 53.0 Å². The Hall–Kier alpha value is -2.29. The summed E-state index contributed by atoms with van der Waals surface area (Å²) in [7, 11) is 0. The molecule has 0 radical (unpaired) electrons. The quantitative estimate of drug-likeness (QED) is 0.213. The Kier molecular flexibility index (Phi) is 8.57. The van der Waals surface area contributed by atoms with Gasteiger partial charge in [0.15, 0.2) is 17.3 Å². The molecule has 0 aliphatic heterocycles. The molecule has 3 aromatic rings. The maximum Gasteiger partial charge on any atom is 0.169 e. The van der Waals surface area contributed by atoms with E-state index in [1.807, 2.05) is 25.1 Å². The molecule has 9 heteroatoms. The van der Waals surface area contributed by atoms with E-state index in [9.17, 15) is 5.21 Å². The van der Waals surface area contributed by atoms with Crippen LogP contribution in [0.15, 0.2) is 42.6 Å². The van der Waals surface area contributed by atoms with E-state index < -0.39 is 6.04 Å². The summed E-state index contributed by atoms with van der Waals surface area (Å²) < 4.78 is 21.1. The molecule has 186 valence electrons. The predicted molar refractivity (Wildman–Crippen MR) is 135 cm³/mol. The maximum atomic E-state index is 15.1. The molecule has 1 aromatic heterocycles. The van der Waals surface area contributed by atoms with Crippen LogP contribution >= 0.6 is 23.2 Å². The second kappa shape index (κ2) is 11.6. The molecule has 6 nitrogen and oxygen atoms in total. The number of hydrogen-bond donors (Lipinski definition) is 3. The van der Waals surface area contributed by atoms with E-state index in [2.05, 4.69) is 20.8 Å². The van der Waals surface area contributed by atoms with Crippen molar-refractivity contribution in [3.8, 4) is 11.5 Å². The van der Waals surface area contributed by atoms with Gasteiger partial charge in [-0.05, 0) is 67.9 Å². The van der Waals surface area contributed by atoms with E-state index in [0.717, 1.165) is 24.0 Å². The van der Waals surface area contributed by atoms with Gasteiger partial charge in [0.2, 0.25) is 0 Å². The third-order valence-electron chi connectivity index (χ3n) is 6.06. The van der Waals surface area contributed by atoms with Gasteiger partial charge in [-0.15, -0.1) is 11.6 Å². The Morgan fingerprint density at radius 2 is 2.00 bits per heavy atom. The molecule has 1 fully saturated rings. The lowest BCUT2D eigenvalue weighted by atomic mass is 10.0. The molecule has 0 amide bonds. The summed E-state index contributed by atoms with van der Waals surface area (Å²) in [5, 5.41) is 13.7. The zero-order valence-electron chi connectivity index (χ0n) is 19.7. The molecule has 2 atom stereocenters. The van der Waals surface area contributed by atoms with Gasteiger partial charge < -0.3 is 15.3 Å². The molecule has 1 saturated carbocycles. The fourth-order valence-electron chi connectivity index (χ4n) is 4.09. The second-order valence-electron chi connectivity index (χ2n) is 8.93. The standard InChI is InChI=1S/C26H29Cl2FN4O2/c1-15-6-7-18(21(28)10-15)11-19(12-27)33-22(13-31-34)26-24(14-30-16(2)32-26)35-23-5-3-4-20(25(23)29)17-8-9-17/h3-7,10,14,17,19,22,31,33-34H,8-9,11-13H2,1-2H3/t19-,22?/m1/s1. The Balaban J connectivity index is 1.60. The summed E-state index contributed by atoms with van der Waals surface area (Å²) in [6.07, 6.45) is 4.07. The number of halogens is 3. The van der Waals surface area contributed by atoms with Gasteiger partial charge in [-0.3, -0.25) is 0 Å². The highest BCUT2D eigenvalue weighted by atomic mass is 35.5. The number of alkyl halides is 1. The van der Waals surface area contributed by atoms with Crippen LogP contribution < -0.4 is 15.5 Å². The summed E-state index contributed by atoms with van der Waals surface area (Å²) in [5.41, 5.74) is 5.40. The van der Waals surface area contributed by atoms with Crippen molar-refractivity contribution in [2.75, 3.05) is 12.4 Å². The molecule has 35 heavy (non-hydrogen) atoms. The van der Waals surface area contributed by atoms with Gasteiger partial charge in [0, 0.05) is 23.5 Å². The van der Waals surface area contributed by atoms with E-state index >= 15 is 4.39 Å². The van der Waals surface area contributed by atoms with E-state index in [4.69, 9.17) is 27.9 Å². The average molecular weight is 519 g/mol. The number of hydrogen-bond acceptors (Lipinski definition) is 6. The molecule has 4 rings (SSSR count). The molecule has 0 saturated heterocycles. The smallest absolute Gasteiger partial charge is 0.169 e. The zero-order chi connectivity index (χ0) is 24.9. The van der Waals surface area contributed by atoms with Crippen molar-refractivity contribution in [2.24, 2.45) is 0 Å². The number of hydroxylamine groups is 1. The van der Waals surface area contributed by atoms with Gasteiger partial charge in [0.05, 0.1) is 12.2 Å². The lowest BCUT2D eigenvalue weighted by Gasteiger charge is -2.26. The lowest BCUT2D eigenvalue weighted by Crippen LogP contribution is -2.40. The fourth-order valence-corrected chi connectivity index (χ4v) is 4.60. The van der Waals surface area contributed by atoms with E-state index in [1.165, 1.54) is 6.20 Å². The minimum atomic E-state index is -0.501. The first-order valence-corrected chi connectivity index (χ1v) is 12.5. The summed E-state index contributed by atoms with van der Waals surface area (Å²) in [6.45, 7) is 3.86. The van der Waals surface area contributed by atoms with Crippen LogP contribution in [0.5, 0.6) is 11.5 Å². The van der Waals surface area contributed by atoms with Crippen LogP contribution in [0.4, 0.5) is 4.39 Å². The summed E-state index contributed by atoms with van der Waals surface area (Å²) >= 11 is 12.7. The number of rotatable bonds is 11. The van der Waals surface area contributed by atoms with Crippen LogP contribution in [-0.4, -0.2) is 33.6 Å². The largest absolute Gasteiger partial charge is 0.451 e. The van der Waals surface area contributed by atoms with Gasteiger partial charge in [0.1, 0.15) is 11.5 Å². The molecule has 0 spiro atoms. The number of ether oxygens (including phenoxy) is 1. The van der Waals surface area contributed by atoms with Crippen molar-refractivity contribution in [1.29, 1.82) is 0 Å². The molecule has 1 unspecified atom stereocenters. The highest BCUT2D eigenvalue weighted by molar-refractivity contribution is 6.31. The average Bonchev–Trinajstić information content (AvgIpc) is 3.67. The molecule has 1 heterocycles. The molecule has 1 aliphatic rings. The summed E-state index contributed by atoms with van der Waals surface area (Å²) in [4.78, 5) is 8.82. The first-order valence-electron chi connectivity index (χ1n) is 11.6. The second-order valence-corrected chi connectivity index (χ2v) is 9.65. The van der Waals surface area contributed by atoms with Crippen LogP contribution in [0.25, 0.3) is 0 Å². The highest BCUT2D eigenvalue weighted by Gasteiger charge is 2.29. The highest BCUT2D eigenvalue weighted by Crippen LogP contribution is 2.43. The Bertz CT molecular complexity index is 1180. The van der Waals surface area contributed by atoms with Gasteiger partial charge >= 0.3 is 0 Å². The van der Waals surface area contributed by atoms with Crippen molar-refractivity contribution < 1.29 is 14.3 Å². The number of benzene rings is 2. The molecule has 2 aromatic carbocycles. The Morgan fingerprint density at radius 1 is 1.20 bits per heavy atom. The zero-order valence-corrected chi connectivity index (χ0v) is 21.2. The number of nitrogens with zero attached hydrogens (tertiary/aromatic N) is 2. The van der Waals surface area contributed by atoms with E-state index in [-0.39, 0.29) is 30.1 Å². The van der Waals surface area contributed by atoms with Crippen molar-refractivity contribution in [2.45, 2.75) is 51.1 Å². The van der Waals surface area contributed by atoms with Crippen LogP contribution in [-0.2, 0) is 6.42 Å². The third-order valence-corrected chi connectivity index (χ3v) is 6.78. The fraction of sp³-hybridized carbons (Fsp3) is 0.385. The number of nitrogens with one attached hydrogen (secondary N) is 2. The van der Waals surface area contributed by atoms with Crippen molar-refractivity contribution in [3.63, 3.8) is 0 Å². The third kappa shape index (κ3) is 6.48. The SMILES string of the molecule is Cc1ccc(C[C@H](CCl)NC(CNO)c2nc(C)ncc2Oc2cccc(C3CC3)c2F)c(Cl)c1. The molecular weight excluding hydrogens is 490 g/mol. The Morgan fingerprint density at radius 3 is 2.69 bits per heavy atom. The van der Waals surface area contributed by atoms with Crippen LogP contribution in [0, 0.1) is 19.7 Å². The van der Waals surface area contributed by atoms with E-state index in [0.29, 0.717) is 40.2 Å². The first-order chi connectivity index (χ1) is 16.9. The predicted octanol–water partition coefficient (Wildman–Crippen LogP) is 6.02. The number of aromatic nitrogens is 2. The number of aryl methyl sites for hydroxylation is 2. The lowest BCUT2D eigenvalue weighted by molar-refractivity contribution is 0.151. The van der Waals surface area contributed by atoms with Crippen LogP contribution in [0.3, 0.4) is 0 Å². The molecular formula is C26H29Cl2FN4O2. The van der Waals surface area contributed by atoms with Crippen molar-refractivity contribution in [1.82, 2.24) is 20.8 Å². The van der Waals surface area contributed by atoms with Gasteiger partial charge in [0.25, 0.3) is 0 Å². The summed E-state index contributed by atoms with van der Waals surface area (Å²) in [5.74, 6) is 1.13. The molecule has 0 bridgehead atoms. The van der Waals surface area contributed by atoms with Gasteiger partial charge in [-0.25, -0.2) is 19.8 Å². The minimum absolute atomic E-state index is 0.117. The van der Waals surface area contributed by atoms with Gasteiger partial charge in [-0.2, -0.15) is 0 Å². The topological polar surface area (TPSA) is 79.3 Å². The minimum Gasteiger partial charge on any atom is -0.451 e. The van der Waals surface area contributed by atoms with Gasteiger partial charge in [-0.1, -0.05) is 35.9 Å². The van der Waals surface area contributed by atoms with Crippen molar-refractivity contribution >= 4 is 23.2 Å². The van der Waals surface area contributed by atoms with E-state index in [1.54, 1.807) is 25.1 Å².